The molecule has 0 unspecified atom stereocenters. The van der Waals surface area contributed by atoms with Crippen molar-refractivity contribution in [2.75, 3.05) is 13.1 Å². The van der Waals surface area contributed by atoms with Gasteiger partial charge in [-0.15, -0.1) is 0 Å². The van der Waals surface area contributed by atoms with Crippen LogP contribution in [-0.4, -0.2) is 29.1 Å². The zero-order valence-corrected chi connectivity index (χ0v) is 7.86. The predicted octanol–water partition coefficient (Wildman–Crippen LogP) is 1.63. The number of carboxylic acid groups (broad SMARTS) is 1. The lowest BCUT2D eigenvalue weighted by atomic mass is 10.2. The van der Waals surface area contributed by atoms with Gasteiger partial charge < -0.3 is 10.0 Å². The van der Waals surface area contributed by atoms with Crippen molar-refractivity contribution in [2.45, 2.75) is 19.8 Å². The van der Waals surface area contributed by atoms with Crippen molar-refractivity contribution in [3.05, 3.63) is 23.9 Å². The van der Waals surface area contributed by atoms with Gasteiger partial charge in [0, 0.05) is 13.1 Å². The molecule has 3 heteroatoms. The first kappa shape index (κ1) is 9.84. The Kier molecular flexibility index (Phi) is 3.55. The summed E-state index contributed by atoms with van der Waals surface area (Å²) in [6.45, 7) is 3.60. The van der Waals surface area contributed by atoms with E-state index in [0.717, 1.165) is 19.4 Å². The maximum atomic E-state index is 10.6. The molecule has 0 saturated carbocycles. The van der Waals surface area contributed by atoms with E-state index >= 15 is 0 Å². The van der Waals surface area contributed by atoms with Crippen molar-refractivity contribution < 1.29 is 9.90 Å². The largest absolute Gasteiger partial charge is 0.478 e. The lowest BCUT2D eigenvalue weighted by Crippen LogP contribution is -2.26. The highest BCUT2D eigenvalue weighted by Crippen LogP contribution is 2.08. The summed E-state index contributed by atoms with van der Waals surface area (Å²) < 4.78 is 0. The quantitative estimate of drug-likeness (QED) is 0.716. The van der Waals surface area contributed by atoms with Crippen LogP contribution in [0.4, 0.5) is 0 Å². The molecule has 0 amide bonds. The van der Waals surface area contributed by atoms with Crippen LogP contribution in [-0.2, 0) is 4.79 Å². The van der Waals surface area contributed by atoms with Crippen LogP contribution in [0.3, 0.4) is 0 Å². The first-order chi connectivity index (χ1) is 6.24. The number of hydrogen-bond acceptors (Lipinski definition) is 2. The van der Waals surface area contributed by atoms with E-state index in [-0.39, 0.29) is 0 Å². The third kappa shape index (κ3) is 2.93. The Morgan fingerprint density at radius 2 is 2.46 bits per heavy atom. The Hall–Kier alpha value is -1.25. The lowest BCUT2D eigenvalue weighted by Gasteiger charge is -2.22. The lowest BCUT2D eigenvalue weighted by molar-refractivity contribution is -0.132. The monoisotopic (exact) mass is 181 g/mol. The normalized spacial score (nSPS) is 15.8. The molecule has 0 fully saturated rings. The van der Waals surface area contributed by atoms with Gasteiger partial charge in [0.15, 0.2) is 0 Å². The van der Waals surface area contributed by atoms with Gasteiger partial charge in [0.2, 0.25) is 0 Å². The van der Waals surface area contributed by atoms with Gasteiger partial charge in [-0.2, -0.15) is 0 Å². The summed E-state index contributed by atoms with van der Waals surface area (Å²) in [5.74, 6) is -0.814. The van der Waals surface area contributed by atoms with Crippen LogP contribution in [0.15, 0.2) is 23.9 Å². The smallest absolute Gasteiger partial charge is 0.333 e. The number of rotatable bonds is 4. The Balaban J connectivity index is 2.45. The molecule has 0 aromatic rings. The minimum absolute atomic E-state index is 0.471. The molecule has 1 heterocycles. The summed E-state index contributed by atoms with van der Waals surface area (Å²) >= 11 is 0. The van der Waals surface area contributed by atoms with E-state index in [1.165, 1.54) is 0 Å². The van der Waals surface area contributed by atoms with Gasteiger partial charge in [-0.3, -0.25) is 0 Å². The highest BCUT2D eigenvalue weighted by atomic mass is 16.4. The standard InChI is InChI=1S/C10H15NO2/c1-2-3-6-11-7-4-5-9(8-11)10(12)13/h4-5,7H,2-3,6,8H2,1H3,(H,12,13). The van der Waals surface area contributed by atoms with Crippen LogP contribution in [0.5, 0.6) is 0 Å². The molecule has 72 valence electrons. The van der Waals surface area contributed by atoms with Crippen molar-refractivity contribution in [1.29, 1.82) is 0 Å². The van der Waals surface area contributed by atoms with Crippen molar-refractivity contribution in [3.8, 4) is 0 Å². The summed E-state index contributed by atoms with van der Waals surface area (Å²) in [6, 6.07) is 0. The second-order valence-electron chi connectivity index (χ2n) is 3.16. The number of nitrogens with zero attached hydrogens (tertiary/aromatic N) is 1. The Morgan fingerprint density at radius 1 is 1.69 bits per heavy atom. The zero-order valence-electron chi connectivity index (χ0n) is 7.86. The predicted molar refractivity (Wildman–Crippen MR) is 51.3 cm³/mol. The molecule has 0 saturated heterocycles. The van der Waals surface area contributed by atoms with E-state index in [9.17, 15) is 4.79 Å². The maximum absolute atomic E-state index is 10.6. The van der Waals surface area contributed by atoms with Crippen LogP contribution in [0.2, 0.25) is 0 Å². The van der Waals surface area contributed by atoms with Gasteiger partial charge in [-0.25, -0.2) is 4.79 Å². The van der Waals surface area contributed by atoms with Crippen LogP contribution in [0.1, 0.15) is 19.8 Å². The average molecular weight is 181 g/mol. The number of allylic oxidation sites excluding steroid dienone is 2. The molecule has 0 aliphatic carbocycles. The van der Waals surface area contributed by atoms with Gasteiger partial charge in [-0.1, -0.05) is 13.3 Å². The SMILES string of the molecule is CCCCN1C=CC=C(C(=O)O)C1. The fourth-order valence-electron chi connectivity index (χ4n) is 1.26. The van der Waals surface area contributed by atoms with Gasteiger partial charge in [-0.05, 0) is 24.8 Å². The minimum Gasteiger partial charge on any atom is -0.478 e. The van der Waals surface area contributed by atoms with Crippen molar-refractivity contribution in [3.63, 3.8) is 0 Å². The summed E-state index contributed by atoms with van der Waals surface area (Å²) in [5.41, 5.74) is 0.471. The molecule has 0 aromatic carbocycles. The summed E-state index contributed by atoms with van der Waals surface area (Å²) in [4.78, 5) is 12.7. The van der Waals surface area contributed by atoms with E-state index in [1.807, 2.05) is 11.1 Å². The van der Waals surface area contributed by atoms with Crippen LogP contribution in [0.25, 0.3) is 0 Å². The number of carbonyl (C=O) groups is 1. The molecular weight excluding hydrogens is 166 g/mol. The third-order valence-corrected chi connectivity index (χ3v) is 2.04. The summed E-state index contributed by atoms with van der Waals surface area (Å²) in [5, 5.41) is 8.75. The van der Waals surface area contributed by atoms with Crippen molar-refractivity contribution in [2.24, 2.45) is 0 Å². The van der Waals surface area contributed by atoms with E-state index in [0.29, 0.717) is 12.1 Å². The molecule has 0 atom stereocenters. The molecular formula is C10H15NO2. The number of hydrogen-bond donors (Lipinski definition) is 1. The molecule has 0 aromatic heterocycles. The fourth-order valence-corrected chi connectivity index (χ4v) is 1.26. The first-order valence-corrected chi connectivity index (χ1v) is 4.58. The molecule has 13 heavy (non-hydrogen) atoms. The van der Waals surface area contributed by atoms with Crippen molar-refractivity contribution in [1.82, 2.24) is 4.90 Å². The zero-order chi connectivity index (χ0) is 9.68. The Labute approximate surface area is 78.4 Å². The molecule has 3 nitrogen and oxygen atoms in total. The molecule has 1 rings (SSSR count). The number of unbranched alkanes of at least 4 members (excludes halogenated alkanes) is 1. The van der Waals surface area contributed by atoms with Gasteiger partial charge in [0.25, 0.3) is 0 Å². The summed E-state index contributed by atoms with van der Waals surface area (Å²) in [6.07, 6.45) is 7.64. The van der Waals surface area contributed by atoms with Crippen LogP contribution in [0, 0.1) is 0 Å². The third-order valence-electron chi connectivity index (χ3n) is 2.04. The van der Waals surface area contributed by atoms with Crippen LogP contribution >= 0.6 is 0 Å². The minimum atomic E-state index is -0.814. The molecule has 1 N–H and O–H groups in total. The Bertz CT molecular complexity index is 243. The van der Waals surface area contributed by atoms with Gasteiger partial charge in [0.05, 0.1) is 5.57 Å². The topological polar surface area (TPSA) is 40.5 Å². The summed E-state index contributed by atoms with van der Waals surface area (Å²) in [7, 11) is 0. The van der Waals surface area contributed by atoms with E-state index < -0.39 is 5.97 Å². The second kappa shape index (κ2) is 4.70. The molecule has 0 spiro atoms. The maximum Gasteiger partial charge on any atom is 0.333 e. The molecule has 1 aliphatic rings. The van der Waals surface area contributed by atoms with Gasteiger partial charge in [0.1, 0.15) is 0 Å². The van der Waals surface area contributed by atoms with E-state index in [2.05, 4.69) is 6.92 Å². The highest BCUT2D eigenvalue weighted by molar-refractivity contribution is 5.87. The first-order valence-electron chi connectivity index (χ1n) is 4.58. The highest BCUT2D eigenvalue weighted by Gasteiger charge is 2.12. The van der Waals surface area contributed by atoms with E-state index in [4.69, 9.17) is 5.11 Å². The number of aliphatic carboxylic acids is 1. The van der Waals surface area contributed by atoms with E-state index in [1.54, 1.807) is 12.2 Å². The fraction of sp³-hybridized carbons (Fsp3) is 0.500. The van der Waals surface area contributed by atoms with Crippen LogP contribution < -0.4 is 0 Å². The molecule has 0 bridgehead atoms. The second-order valence-corrected chi connectivity index (χ2v) is 3.16. The van der Waals surface area contributed by atoms with Gasteiger partial charge >= 0.3 is 5.97 Å². The molecule has 1 aliphatic heterocycles. The Morgan fingerprint density at radius 3 is 3.08 bits per heavy atom. The van der Waals surface area contributed by atoms with Crippen molar-refractivity contribution >= 4 is 5.97 Å². The number of carboxylic acids is 1. The molecule has 0 radical (unpaired) electrons. The average Bonchev–Trinajstić information content (AvgIpc) is 2.15.